The molecule has 0 unspecified atom stereocenters. The standard InChI is InChI=1S/C26H27ClN4O2/c1-18-4-2-3-5-23(18)30-12-14-31(15-13-30)24-11-8-20(16-22(24)25(28)32)26(33)29-17-19-6-9-21(27)10-7-19/h2-11,16H,12-15,17H2,1H3,(H2,28,32)(H,29,33). The van der Waals surface area contributed by atoms with Crippen molar-refractivity contribution in [1.82, 2.24) is 5.32 Å². The number of anilines is 2. The molecule has 33 heavy (non-hydrogen) atoms. The number of amides is 2. The number of primary amides is 1. The summed E-state index contributed by atoms with van der Waals surface area (Å²) >= 11 is 5.90. The molecular formula is C26H27ClN4O2. The number of aryl methyl sites for hydroxylation is 1. The number of benzene rings is 3. The van der Waals surface area contributed by atoms with Crippen LogP contribution in [0.5, 0.6) is 0 Å². The van der Waals surface area contributed by atoms with Gasteiger partial charge in [-0.1, -0.05) is 41.9 Å². The second-order valence-corrected chi connectivity index (χ2v) is 8.60. The molecule has 2 amide bonds. The van der Waals surface area contributed by atoms with Gasteiger partial charge in [0, 0.05) is 54.7 Å². The van der Waals surface area contributed by atoms with Gasteiger partial charge in [0.25, 0.3) is 11.8 Å². The molecule has 170 valence electrons. The number of nitrogens with two attached hydrogens (primary N) is 1. The lowest BCUT2D eigenvalue weighted by Gasteiger charge is -2.38. The Morgan fingerprint density at radius 3 is 2.18 bits per heavy atom. The fourth-order valence-electron chi connectivity index (χ4n) is 4.14. The first-order valence-corrected chi connectivity index (χ1v) is 11.3. The summed E-state index contributed by atoms with van der Waals surface area (Å²) in [4.78, 5) is 29.4. The van der Waals surface area contributed by atoms with Gasteiger partial charge < -0.3 is 20.9 Å². The second-order valence-electron chi connectivity index (χ2n) is 8.17. The smallest absolute Gasteiger partial charge is 0.251 e. The summed E-state index contributed by atoms with van der Waals surface area (Å²) in [5.74, 6) is -0.804. The molecular weight excluding hydrogens is 436 g/mol. The quantitative estimate of drug-likeness (QED) is 0.580. The number of hydrogen-bond acceptors (Lipinski definition) is 4. The van der Waals surface area contributed by atoms with E-state index < -0.39 is 5.91 Å². The molecule has 1 heterocycles. The SMILES string of the molecule is Cc1ccccc1N1CCN(c2ccc(C(=O)NCc3ccc(Cl)cc3)cc2C(N)=O)CC1. The van der Waals surface area contributed by atoms with Crippen LogP contribution in [0.1, 0.15) is 31.8 Å². The third kappa shape index (κ3) is 5.29. The Balaban J connectivity index is 1.45. The molecule has 0 atom stereocenters. The molecule has 3 N–H and O–H groups in total. The lowest BCUT2D eigenvalue weighted by Crippen LogP contribution is -2.47. The summed E-state index contributed by atoms with van der Waals surface area (Å²) in [6.07, 6.45) is 0. The Kier molecular flexibility index (Phi) is 6.84. The van der Waals surface area contributed by atoms with Crippen molar-refractivity contribution in [2.75, 3.05) is 36.0 Å². The van der Waals surface area contributed by atoms with Gasteiger partial charge in [-0.3, -0.25) is 9.59 Å². The van der Waals surface area contributed by atoms with Crippen molar-refractivity contribution in [2.24, 2.45) is 5.73 Å². The van der Waals surface area contributed by atoms with Gasteiger partial charge in [-0.15, -0.1) is 0 Å². The van der Waals surface area contributed by atoms with Crippen LogP contribution in [0.3, 0.4) is 0 Å². The molecule has 3 aromatic carbocycles. The van der Waals surface area contributed by atoms with E-state index in [-0.39, 0.29) is 5.91 Å². The Hall–Kier alpha value is -3.51. The first-order chi connectivity index (χ1) is 15.9. The zero-order valence-electron chi connectivity index (χ0n) is 18.6. The van der Waals surface area contributed by atoms with Gasteiger partial charge in [-0.2, -0.15) is 0 Å². The van der Waals surface area contributed by atoms with Crippen LogP contribution in [0.4, 0.5) is 11.4 Å². The number of para-hydroxylation sites is 1. The molecule has 0 aromatic heterocycles. The maximum atomic E-state index is 12.7. The molecule has 0 saturated carbocycles. The molecule has 1 aliphatic heterocycles. The van der Waals surface area contributed by atoms with Crippen LogP contribution in [-0.2, 0) is 6.54 Å². The molecule has 0 bridgehead atoms. The van der Waals surface area contributed by atoms with E-state index in [9.17, 15) is 9.59 Å². The molecule has 1 saturated heterocycles. The van der Waals surface area contributed by atoms with Crippen LogP contribution in [-0.4, -0.2) is 38.0 Å². The monoisotopic (exact) mass is 462 g/mol. The number of carbonyl (C=O) groups excluding carboxylic acids is 2. The highest BCUT2D eigenvalue weighted by atomic mass is 35.5. The molecule has 0 aliphatic carbocycles. The zero-order chi connectivity index (χ0) is 23.4. The van der Waals surface area contributed by atoms with E-state index in [2.05, 4.69) is 40.2 Å². The number of nitrogens with one attached hydrogen (secondary N) is 1. The number of halogens is 1. The average Bonchev–Trinajstić information content (AvgIpc) is 2.83. The average molecular weight is 463 g/mol. The molecule has 6 nitrogen and oxygen atoms in total. The van der Waals surface area contributed by atoms with Crippen LogP contribution in [0.15, 0.2) is 66.7 Å². The van der Waals surface area contributed by atoms with Crippen molar-refractivity contribution in [3.63, 3.8) is 0 Å². The summed E-state index contributed by atoms with van der Waals surface area (Å²) in [6.45, 7) is 5.68. The van der Waals surface area contributed by atoms with Crippen molar-refractivity contribution < 1.29 is 9.59 Å². The minimum absolute atomic E-state index is 0.261. The second kappa shape index (κ2) is 9.96. The Morgan fingerprint density at radius 1 is 0.909 bits per heavy atom. The molecule has 3 aromatic rings. The fourth-order valence-corrected chi connectivity index (χ4v) is 4.27. The predicted octanol–water partition coefficient (Wildman–Crippen LogP) is 4.00. The normalized spacial score (nSPS) is 13.6. The van der Waals surface area contributed by atoms with Crippen LogP contribution in [0.25, 0.3) is 0 Å². The van der Waals surface area contributed by atoms with Crippen molar-refractivity contribution >= 4 is 34.8 Å². The molecule has 1 aliphatic rings. The van der Waals surface area contributed by atoms with Gasteiger partial charge in [0.05, 0.1) is 5.56 Å². The van der Waals surface area contributed by atoms with Gasteiger partial charge in [0.1, 0.15) is 0 Å². The number of hydrogen-bond donors (Lipinski definition) is 2. The Morgan fingerprint density at radius 2 is 1.55 bits per heavy atom. The van der Waals surface area contributed by atoms with Gasteiger partial charge in [-0.25, -0.2) is 0 Å². The van der Waals surface area contributed by atoms with E-state index in [1.54, 1.807) is 24.3 Å². The van der Waals surface area contributed by atoms with Gasteiger partial charge in [0.15, 0.2) is 0 Å². The number of nitrogens with zero attached hydrogens (tertiary/aromatic N) is 2. The summed E-state index contributed by atoms with van der Waals surface area (Å²) in [6, 6.07) is 20.8. The highest BCUT2D eigenvalue weighted by Crippen LogP contribution is 2.26. The maximum absolute atomic E-state index is 12.7. The minimum atomic E-state index is -0.543. The highest BCUT2D eigenvalue weighted by molar-refractivity contribution is 6.30. The predicted molar refractivity (Wildman–Crippen MR) is 133 cm³/mol. The number of carbonyl (C=O) groups is 2. The maximum Gasteiger partial charge on any atom is 0.251 e. The number of rotatable bonds is 6. The van der Waals surface area contributed by atoms with Crippen molar-refractivity contribution in [1.29, 1.82) is 0 Å². The van der Waals surface area contributed by atoms with Crippen LogP contribution >= 0.6 is 11.6 Å². The first-order valence-electron chi connectivity index (χ1n) is 10.9. The number of piperazine rings is 1. The van der Waals surface area contributed by atoms with E-state index >= 15 is 0 Å². The van der Waals surface area contributed by atoms with E-state index in [4.69, 9.17) is 17.3 Å². The van der Waals surface area contributed by atoms with Crippen molar-refractivity contribution in [2.45, 2.75) is 13.5 Å². The van der Waals surface area contributed by atoms with Gasteiger partial charge in [-0.05, 0) is 54.4 Å². The van der Waals surface area contributed by atoms with E-state index in [0.29, 0.717) is 22.7 Å². The molecule has 4 rings (SSSR count). The highest BCUT2D eigenvalue weighted by Gasteiger charge is 2.23. The molecule has 0 spiro atoms. The Bertz CT molecular complexity index is 1160. The largest absolute Gasteiger partial charge is 0.368 e. The minimum Gasteiger partial charge on any atom is -0.368 e. The third-order valence-electron chi connectivity index (χ3n) is 5.97. The summed E-state index contributed by atoms with van der Waals surface area (Å²) in [5.41, 5.74) is 10.6. The van der Waals surface area contributed by atoms with Crippen LogP contribution < -0.4 is 20.9 Å². The third-order valence-corrected chi connectivity index (χ3v) is 6.22. The van der Waals surface area contributed by atoms with Crippen molar-refractivity contribution in [3.8, 4) is 0 Å². The van der Waals surface area contributed by atoms with Gasteiger partial charge in [0.2, 0.25) is 0 Å². The van der Waals surface area contributed by atoms with E-state index in [0.717, 1.165) is 37.4 Å². The first kappa shape index (κ1) is 22.7. The summed E-state index contributed by atoms with van der Waals surface area (Å²) in [7, 11) is 0. The van der Waals surface area contributed by atoms with E-state index in [1.165, 1.54) is 11.3 Å². The van der Waals surface area contributed by atoms with Crippen molar-refractivity contribution in [3.05, 3.63) is 94.0 Å². The molecule has 0 radical (unpaired) electrons. The topological polar surface area (TPSA) is 78.7 Å². The van der Waals surface area contributed by atoms with Crippen LogP contribution in [0.2, 0.25) is 5.02 Å². The zero-order valence-corrected chi connectivity index (χ0v) is 19.3. The summed E-state index contributed by atoms with van der Waals surface area (Å²) < 4.78 is 0. The lowest BCUT2D eigenvalue weighted by molar-refractivity contribution is 0.0951. The molecule has 7 heteroatoms. The fraction of sp³-hybridized carbons (Fsp3) is 0.231. The van der Waals surface area contributed by atoms with Crippen LogP contribution in [0, 0.1) is 6.92 Å². The van der Waals surface area contributed by atoms with Gasteiger partial charge >= 0.3 is 0 Å². The Labute approximate surface area is 198 Å². The lowest BCUT2D eigenvalue weighted by atomic mass is 10.0. The molecule has 1 fully saturated rings. The van der Waals surface area contributed by atoms with E-state index in [1.807, 2.05) is 24.3 Å². The summed E-state index contributed by atoms with van der Waals surface area (Å²) in [5, 5.41) is 3.52.